The summed E-state index contributed by atoms with van der Waals surface area (Å²) in [4.78, 5) is 13.8. The highest BCUT2D eigenvalue weighted by atomic mass is 16.5. The van der Waals surface area contributed by atoms with Crippen LogP contribution in [0.3, 0.4) is 0 Å². The van der Waals surface area contributed by atoms with Crippen molar-refractivity contribution in [1.29, 1.82) is 0 Å². The van der Waals surface area contributed by atoms with Gasteiger partial charge in [-0.2, -0.15) is 0 Å². The van der Waals surface area contributed by atoms with Crippen LogP contribution >= 0.6 is 0 Å². The van der Waals surface area contributed by atoms with E-state index in [9.17, 15) is 4.79 Å². The van der Waals surface area contributed by atoms with Crippen LogP contribution in [0.4, 0.5) is 5.69 Å². The second-order valence-corrected chi connectivity index (χ2v) is 5.25. The Morgan fingerprint density at radius 1 is 1.39 bits per heavy atom. The van der Waals surface area contributed by atoms with Crippen LogP contribution in [0.2, 0.25) is 0 Å². The van der Waals surface area contributed by atoms with Gasteiger partial charge in [0.1, 0.15) is 6.61 Å². The van der Waals surface area contributed by atoms with Crippen LogP contribution in [-0.2, 0) is 9.53 Å². The summed E-state index contributed by atoms with van der Waals surface area (Å²) in [5.41, 5.74) is 9.39. The van der Waals surface area contributed by atoms with Crippen molar-refractivity contribution in [2.24, 2.45) is 0 Å². The van der Waals surface area contributed by atoms with Gasteiger partial charge in [0.05, 0.1) is 0 Å². The zero-order valence-corrected chi connectivity index (χ0v) is 10.6. The fraction of sp³-hybridized carbons (Fsp3) is 0.500. The van der Waals surface area contributed by atoms with Gasteiger partial charge in [-0.3, -0.25) is 4.79 Å². The van der Waals surface area contributed by atoms with E-state index in [0.717, 1.165) is 25.2 Å². The maximum Gasteiger partial charge on any atom is 0.248 e. The average molecular weight is 246 g/mol. The Labute approximate surface area is 107 Å². The summed E-state index contributed by atoms with van der Waals surface area (Å²) in [6.07, 6.45) is 1.15. The van der Waals surface area contributed by atoms with Gasteiger partial charge in [0, 0.05) is 37.7 Å². The van der Waals surface area contributed by atoms with Crippen molar-refractivity contribution in [1.82, 2.24) is 4.90 Å². The number of nitrogen functional groups attached to an aromatic ring is 1. The molecule has 0 saturated carbocycles. The molecule has 1 amide bonds. The monoisotopic (exact) mass is 246 g/mol. The zero-order chi connectivity index (χ0) is 12.7. The summed E-state index contributed by atoms with van der Waals surface area (Å²) in [6, 6.07) is 6.16. The van der Waals surface area contributed by atoms with E-state index in [1.807, 2.05) is 11.0 Å². The van der Waals surface area contributed by atoms with Gasteiger partial charge >= 0.3 is 0 Å². The van der Waals surface area contributed by atoms with Crippen molar-refractivity contribution in [3.63, 3.8) is 0 Å². The van der Waals surface area contributed by atoms with Crippen molar-refractivity contribution in [3.05, 3.63) is 29.3 Å². The van der Waals surface area contributed by atoms with Gasteiger partial charge in [0.15, 0.2) is 0 Å². The summed E-state index contributed by atoms with van der Waals surface area (Å²) in [5, 5.41) is 0. The number of likely N-dealkylation sites (tertiary alicyclic amines) is 1. The average Bonchev–Trinajstić information content (AvgIpc) is 2.61. The second kappa shape index (κ2) is 4.28. The largest absolute Gasteiger partial charge is 0.399 e. The lowest BCUT2D eigenvalue weighted by molar-refractivity contribution is -0.136. The van der Waals surface area contributed by atoms with Crippen LogP contribution in [0.5, 0.6) is 0 Å². The number of fused-ring (bicyclic) bond motifs is 5. The van der Waals surface area contributed by atoms with Gasteiger partial charge < -0.3 is 15.4 Å². The first kappa shape index (κ1) is 11.5. The van der Waals surface area contributed by atoms with E-state index in [4.69, 9.17) is 10.5 Å². The highest BCUT2D eigenvalue weighted by Gasteiger charge is 2.38. The molecule has 1 aromatic rings. The molecule has 2 bridgehead atoms. The summed E-state index contributed by atoms with van der Waals surface area (Å²) in [7, 11) is 1.56. The van der Waals surface area contributed by atoms with Crippen molar-refractivity contribution in [3.8, 4) is 0 Å². The quantitative estimate of drug-likeness (QED) is 0.801. The first-order valence-electron chi connectivity index (χ1n) is 6.35. The Hall–Kier alpha value is -1.55. The number of benzene rings is 1. The van der Waals surface area contributed by atoms with E-state index in [1.165, 1.54) is 11.1 Å². The van der Waals surface area contributed by atoms with Crippen LogP contribution in [0.1, 0.15) is 29.4 Å². The van der Waals surface area contributed by atoms with Gasteiger partial charge in [-0.15, -0.1) is 0 Å². The highest BCUT2D eigenvalue weighted by molar-refractivity contribution is 5.78. The number of amides is 1. The minimum absolute atomic E-state index is 0.0907. The van der Waals surface area contributed by atoms with Crippen molar-refractivity contribution in [2.75, 3.05) is 32.5 Å². The van der Waals surface area contributed by atoms with Crippen LogP contribution in [0, 0.1) is 0 Å². The Morgan fingerprint density at radius 2 is 2.11 bits per heavy atom. The van der Waals surface area contributed by atoms with E-state index in [2.05, 4.69) is 12.1 Å². The standard InChI is InChI=1S/C14H18N2O2/c1-18-8-14(17)16-6-9-4-10(7-16)13-5-11(15)2-3-12(9)13/h2-3,5,9-10H,4,6-8,15H2,1H3/t9-,10+/m1/s1. The fourth-order valence-electron chi connectivity index (χ4n) is 3.29. The van der Waals surface area contributed by atoms with Crippen molar-refractivity contribution < 1.29 is 9.53 Å². The second-order valence-electron chi connectivity index (χ2n) is 5.25. The molecule has 1 saturated heterocycles. The molecule has 2 atom stereocenters. The molecule has 1 aliphatic heterocycles. The molecule has 4 nitrogen and oxygen atoms in total. The van der Waals surface area contributed by atoms with Crippen LogP contribution in [0.25, 0.3) is 0 Å². The molecule has 3 rings (SSSR count). The Bertz CT molecular complexity index is 487. The molecule has 1 fully saturated rings. The van der Waals surface area contributed by atoms with Gasteiger partial charge in [0.25, 0.3) is 0 Å². The minimum atomic E-state index is 0.0907. The number of nitrogens with two attached hydrogens (primary N) is 1. The number of nitrogens with zero attached hydrogens (tertiary/aromatic N) is 1. The predicted octanol–water partition coefficient (Wildman–Crippen LogP) is 1.33. The molecule has 2 N–H and O–H groups in total. The Balaban J connectivity index is 1.85. The number of anilines is 1. The van der Waals surface area contributed by atoms with E-state index in [-0.39, 0.29) is 12.5 Å². The van der Waals surface area contributed by atoms with E-state index < -0.39 is 0 Å². The van der Waals surface area contributed by atoms with E-state index >= 15 is 0 Å². The fourth-order valence-corrected chi connectivity index (χ4v) is 3.29. The molecule has 0 unspecified atom stereocenters. The highest BCUT2D eigenvalue weighted by Crippen LogP contribution is 2.46. The molecule has 0 aromatic heterocycles. The normalized spacial score (nSPS) is 25.1. The smallest absolute Gasteiger partial charge is 0.248 e. The summed E-state index contributed by atoms with van der Waals surface area (Å²) >= 11 is 0. The molecule has 96 valence electrons. The molecular weight excluding hydrogens is 228 g/mol. The maximum atomic E-state index is 11.9. The number of piperidine rings is 1. The van der Waals surface area contributed by atoms with Gasteiger partial charge in [-0.05, 0) is 29.7 Å². The molecule has 1 heterocycles. The first-order chi connectivity index (χ1) is 8.69. The SMILES string of the molecule is COCC(=O)N1C[C@H]2C[C@@H](C1)c1cc(N)ccc12. The number of carbonyl (C=O) groups is 1. The molecular formula is C14H18N2O2. The van der Waals surface area contributed by atoms with E-state index in [1.54, 1.807) is 7.11 Å². The number of hydrogen-bond acceptors (Lipinski definition) is 3. The molecule has 1 aliphatic carbocycles. The summed E-state index contributed by atoms with van der Waals surface area (Å²) in [5.74, 6) is 1.01. The molecule has 4 heteroatoms. The number of rotatable bonds is 2. The van der Waals surface area contributed by atoms with Crippen molar-refractivity contribution >= 4 is 11.6 Å². The summed E-state index contributed by atoms with van der Waals surface area (Å²) < 4.78 is 4.93. The minimum Gasteiger partial charge on any atom is -0.399 e. The van der Waals surface area contributed by atoms with Crippen molar-refractivity contribution in [2.45, 2.75) is 18.3 Å². The number of methoxy groups -OCH3 is 1. The molecule has 0 radical (unpaired) electrons. The first-order valence-corrected chi connectivity index (χ1v) is 6.35. The topological polar surface area (TPSA) is 55.6 Å². The number of carbonyl (C=O) groups excluding carboxylic acids is 1. The molecule has 0 spiro atoms. The number of hydrogen-bond donors (Lipinski definition) is 1. The zero-order valence-electron chi connectivity index (χ0n) is 10.6. The third-order valence-electron chi connectivity index (χ3n) is 4.06. The van der Waals surface area contributed by atoms with Crippen LogP contribution < -0.4 is 5.73 Å². The lowest BCUT2D eigenvalue weighted by Gasteiger charge is -2.32. The Kier molecular flexibility index (Phi) is 2.74. The lowest BCUT2D eigenvalue weighted by atomic mass is 9.96. The summed E-state index contributed by atoms with van der Waals surface area (Å²) in [6.45, 7) is 1.79. The molecule has 18 heavy (non-hydrogen) atoms. The third kappa shape index (κ3) is 1.77. The van der Waals surface area contributed by atoms with Crippen LogP contribution in [-0.4, -0.2) is 37.6 Å². The number of ether oxygens (including phenoxy) is 1. The molecule has 2 aliphatic rings. The van der Waals surface area contributed by atoms with Crippen LogP contribution in [0.15, 0.2) is 18.2 Å². The predicted molar refractivity (Wildman–Crippen MR) is 69.4 cm³/mol. The van der Waals surface area contributed by atoms with Gasteiger partial charge in [-0.1, -0.05) is 6.07 Å². The van der Waals surface area contributed by atoms with E-state index in [0.29, 0.717) is 11.8 Å². The van der Waals surface area contributed by atoms with Gasteiger partial charge in [0.2, 0.25) is 5.91 Å². The Morgan fingerprint density at radius 3 is 2.83 bits per heavy atom. The maximum absolute atomic E-state index is 11.9. The molecule has 1 aromatic carbocycles. The third-order valence-corrected chi connectivity index (χ3v) is 4.06. The van der Waals surface area contributed by atoms with Gasteiger partial charge in [-0.25, -0.2) is 0 Å². The lowest BCUT2D eigenvalue weighted by Crippen LogP contribution is -2.41.